The SMILES string of the molecule is CCC1(CC)c2ccccc2-c2ccc(-c3cc4c(-c5ccc(C(C)(C)C)cc5)c5cccc6c(-c7ccc8c(c7)C(CC)(CC)c7ccccc7-8)cc7c(-c8ccc(C(C)(C)C)cc8)c8cccc3c8c4c7c65)cc21. The number of fused-ring (bicyclic) bond motifs is 6. The van der Waals surface area contributed by atoms with E-state index in [0.717, 1.165) is 25.7 Å². The van der Waals surface area contributed by atoms with E-state index in [1.165, 1.54) is 154 Å². The lowest BCUT2D eigenvalue weighted by Gasteiger charge is -2.30. The molecule has 2 aliphatic carbocycles. The Kier molecular flexibility index (Phi) is 10.2. The van der Waals surface area contributed by atoms with Gasteiger partial charge in [-0.1, -0.05) is 227 Å². The summed E-state index contributed by atoms with van der Waals surface area (Å²) in [4.78, 5) is 0. The van der Waals surface area contributed by atoms with Crippen molar-refractivity contribution < 1.29 is 0 Å². The van der Waals surface area contributed by atoms with Crippen molar-refractivity contribution in [2.24, 2.45) is 0 Å². The van der Waals surface area contributed by atoms with Crippen molar-refractivity contribution in [3.63, 3.8) is 0 Å². The van der Waals surface area contributed by atoms with Crippen molar-refractivity contribution in [3.8, 4) is 66.8 Å². The maximum absolute atomic E-state index is 2.60. The molecular formula is C76H68. The fourth-order valence-corrected chi connectivity index (χ4v) is 15.2. The summed E-state index contributed by atoms with van der Waals surface area (Å²) in [6.45, 7) is 23.5. The highest BCUT2D eigenvalue weighted by Gasteiger charge is 2.42. The first-order chi connectivity index (χ1) is 36.7. The van der Waals surface area contributed by atoms with E-state index in [0.29, 0.717) is 0 Å². The van der Waals surface area contributed by atoms with Crippen LogP contribution in [0.1, 0.15) is 128 Å². The van der Waals surface area contributed by atoms with E-state index in [9.17, 15) is 0 Å². The molecule has 0 saturated heterocycles. The average Bonchev–Trinajstić information content (AvgIpc) is 3.96. The van der Waals surface area contributed by atoms with Crippen LogP contribution in [0.4, 0.5) is 0 Å². The minimum Gasteiger partial charge on any atom is -0.0642 e. The number of hydrogen-bond acceptors (Lipinski definition) is 0. The van der Waals surface area contributed by atoms with E-state index in [4.69, 9.17) is 0 Å². The van der Waals surface area contributed by atoms with Gasteiger partial charge in [0.25, 0.3) is 0 Å². The van der Waals surface area contributed by atoms with Gasteiger partial charge in [-0.2, -0.15) is 0 Å². The first kappa shape index (κ1) is 47.0. The summed E-state index contributed by atoms with van der Waals surface area (Å²) in [6.07, 6.45) is 4.24. The predicted molar refractivity (Wildman–Crippen MR) is 329 cm³/mol. The van der Waals surface area contributed by atoms with Crippen molar-refractivity contribution in [1.29, 1.82) is 0 Å². The van der Waals surface area contributed by atoms with Crippen LogP contribution in [0.25, 0.3) is 121 Å². The Morgan fingerprint density at radius 2 is 0.618 bits per heavy atom. The van der Waals surface area contributed by atoms with Gasteiger partial charge in [0.05, 0.1) is 0 Å². The molecule has 0 heterocycles. The molecule has 0 fully saturated rings. The van der Waals surface area contributed by atoms with Gasteiger partial charge in [-0.25, -0.2) is 0 Å². The van der Waals surface area contributed by atoms with Crippen LogP contribution in [0, 0.1) is 0 Å². The van der Waals surface area contributed by atoms with Gasteiger partial charge in [0, 0.05) is 10.8 Å². The van der Waals surface area contributed by atoms with Gasteiger partial charge in [-0.05, 0) is 215 Å². The van der Waals surface area contributed by atoms with Crippen LogP contribution in [0.15, 0.2) is 182 Å². The molecule has 0 atom stereocenters. The Hall–Kier alpha value is -7.54. The fourth-order valence-electron chi connectivity index (χ4n) is 15.2. The Bertz CT molecular complexity index is 4020. The summed E-state index contributed by atoms with van der Waals surface area (Å²) in [5.41, 5.74) is 24.4. The summed E-state index contributed by atoms with van der Waals surface area (Å²) < 4.78 is 0. The fraction of sp³-hybridized carbons (Fsp3) is 0.237. The lowest BCUT2D eigenvalue weighted by Crippen LogP contribution is -2.23. The standard InChI is InChI=1S/C76H68/c1-11-75(12-2)63-27-17-15-21-51(63)53-39-33-47(41-65(53)75)59-43-61-67(45-29-35-49(36-30-45)73(5,6)7)58-26-20-24-56-60(48-34-40-54-52-22-16-18-28-64(52)76(13-3,14-4)66(54)42-48)44-62-68(46-31-37-50(38-32-46)74(8,9)10)57-25-19-23-55(59)69(57)71(61)72(62)70(56)58/h15-44H,11-14H2,1-10H3. The topological polar surface area (TPSA) is 0 Å². The summed E-state index contributed by atoms with van der Waals surface area (Å²) in [6, 6.07) is 72.1. The van der Waals surface area contributed by atoms with Gasteiger partial charge >= 0.3 is 0 Å². The van der Waals surface area contributed by atoms with Crippen LogP contribution >= 0.6 is 0 Å². The largest absolute Gasteiger partial charge is 0.0642 e. The van der Waals surface area contributed by atoms with Gasteiger partial charge < -0.3 is 0 Å². The van der Waals surface area contributed by atoms with Crippen molar-refractivity contribution in [3.05, 3.63) is 215 Å². The summed E-state index contributed by atoms with van der Waals surface area (Å²) in [7, 11) is 0. The van der Waals surface area contributed by atoms with Crippen LogP contribution in [0.5, 0.6) is 0 Å². The monoisotopic (exact) mass is 981 g/mol. The molecular weight excluding hydrogens is 913 g/mol. The Labute approximate surface area is 450 Å². The third-order valence-electron chi connectivity index (χ3n) is 19.3. The van der Waals surface area contributed by atoms with Crippen LogP contribution in [0.3, 0.4) is 0 Å². The molecule has 0 nitrogen and oxygen atoms in total. The van der Waals surface area contributed by atoms with Gasteiger partial charge in [-0.3, -0.25) is 0 Å². The Morgan fingerprint density at radius 3 is 0.987 bits per heavy atom. The van der Waals surface area contributed by atoms with E-state index < -0.39 is 0 Å². The Balaban J connectivity index is 1.15. The molecule has 0 N–H and O–H groups in total. The molecule has 0 bridgehead atoms. The second-order valence-electron chi connectivity index (χ2n) is 24.7. The first-order valence-corrected chi connectivity index (χ1v) is 28.4. The van der Waals surface area contributed by atoms with Gasteiger partial charge in [0.1, 0.15) is 0 Å². The molecule has 0 aliphatic heterocycles. The van der Waals surface area contributed by atoms with E-state index in [1.54, 1.807) is 0 Å². The minimum absolute atomic E-state index is 0.0321. The molecule has 0 aromatic heterocycles. The molecule has 372 valence electrons. The highest BCUT2D eigenvalue weighted by molar-refractivity contribution is 6.44. The lowest BCUT2D eigenvalue weighted by atomic mass is 9.73. The molecule has 12 aromatic rings. The second kappa shape index (κ2) is 16.5. The third-order valence-corrected chi connectivity index (χ3v) is 19.3. The van der Waals surface area contributed by atoms with Crippen molar-refractivity contribution in [2.45, 2.75) is 117 Å². The highest BCUT2D eigenvalue weighted by Crippen LogP contribution is 2.59. The number of rotatable bonds is 8. The Morgan fingerprint density at radius 1 is 0.276 bits per heavy atom. The highest BCUT2D eigenvalue weighted by atomic mass is 14.4. The van der Waals surface area contributed by atoms with Crippen LogP contribution in [0.2, 0.25) is 0 Å². The quantitative estimate of drug-likeness (QED) is 0.105. The van der Waals surface area contributed by atoms with E-state index in [-0.39, 0.29) is 21.7 Å². The molecule has 0 radical (unpaired) electrons. The maximum atomic E-state index is 2.60. The smallest absolute Gasteiger partial charge is 0.0210 e. The molecule has 0 saturated carbocycles. The molecule has 0 heteroatoms. The molecule has 0 unspecified atom stereocenters. The van der Waals surface area contributed by atoms with Crippen LogP contribution < -0.4 is 0 Å². The second-order valence-corrected chi connectivity index (χ2v) is 24.7. The van der Waals surface area contributed by atoms with Crippen molar-refractivity contribution in [1.82, 2.24) is 0 Å². The molecule has 0 spiro atoms. The summed E-state index contributed by atoms with van der Waals surface area (Å²) >= 11 is 0. The summed E-state index contributed by atoms with van der Waals surface area (Å²) in [5.74, 6) is 0. The van der Waals surface area contributed by atoms with Crippen molar-refractivity contribution in [2.75, 3.05) is 0 Å². The predicted octanol–water partition coefficient (Wildman–Crippen LogP) is 21.8. The number of benzene rings is 12. The minimum atomic E-state index is -0.0343. The molecule has 76 heavy (non-hydrogen) atoms. The molecule has 0 amide bonds. The van der Waals surface area contributed by atoms with Crippen LogP contribution in [-0.2, 0) is 21.7 Å². The van der Waals surface area contributed by atoms with Crippen molar-refractivity contribution >= 4 is 53.9 Å². The van der Waals surface area contributed by atoms with E-state index >= 15 is 0 Å². The average molecular weight is 981 g/mol. The van der Waals surface area contributed by atoms with Gasteiger partial charge in [-0.15, -0.1) is 0 Å². The van der Waals surface area contributed by atoms with E-state index in [1.807, 2.05) is 0 Å². The van der Waals surface area contributed by atoms with Crippen LogP contribution in [-0.4, -0.2) is 0 Å². The zero-order chi connectivity index (χ0) is 52.2. The zero-order valence-corrected chi connectivity index (χ0v) is 46.1. The number of hydrogen-bond donors (Lipinski definition) is 0. The normalized spacial score (nSPS) is 14.6. The lowest BCUT2D eigenvalue weighted by molar-refractivity contribution is 0.490. The summed E-state index contributed by atoms with van der Waals surface area (Å²) in [5, 5.41) is 13.3. The maximum Gasteiger partial charge on any atom is 0.0210 e. The zero-order valence-electron chi connectivity index (χ0n) is 46.1. The third kappa shape index (κ3) is 6.31. The first-order valence-electron chi connectivity index (χ1n) is 28.4. The molecule has 2 aliphatic rings. The van der Waals surface area contributed by atoms with E-state index in [2.05, 4.69) is 251 Å². The van der Waals surface area contributed by atoms with Gasteiger partial charge in [0.2, 0.25) is 0 Å². The van der Waals surface area contributed by atoms with Gasteiger partial charge in [0.15, 0.2) is 0 Å². The molecule has 14 rings (SSSR count). The molecule has 12 aromatic carbocycles.